The zero-order chi connectivity index (χ0) is 30.4. The van der Waals surface area contributed by atoms with Crippen LogP contribution < -0.4 is 5.32 Å². The average molecular weight is 594 g/mol. The van der Waals surface area contributed by atoms with Gasteiger partial charge in [-0.05, 0) is 57.8 Å². The van der Waals surface area contributed by atoms with Crippen LogP contribution in [-0.2, 0) is 14.9 Å². The number of aliphatic hydroxyl groups is 1. The van der Waals surface area contributed by atoms with Crippen LogP contribution in [-0.4, -0.2) is 41.9 Å². The first-order valence-corrected chi connectivity index (χ1v) is 17.6. The molecular formula is C34H59NO5S. The zero-order valence-electron chi connectivity index (χ0n) is 25.9. The zero-order valence-corrected chi connectivity index (χ0v) is 26.7. The lowest BCUT2D eigenvalue weighted by Crippen LogP contribution is -2.47. The van der Waals surface area contributed by atoms with Crippen LogP contribution >= 0.6 is 0 Å². The van der Waals surface area contributed by atoms with E-state index in [1.807, 2.05) is 0 Å². The summed E-state index contributed by atoms with van der Waals surface area (Å²) in [4.78, 5) is 12.4. The first-order chi connectivity index (χ1) is 19.8. The van der Waals surface area contributed by atoms with Crippen molar-refractivity contribution in [2.75, 3.05) is 5.75 Å². The van der Waals surface area contributed by atoms with Gasteiger partial charge in [0.05, 0.1) is 17.9 Å². The van der Waals surface area contributed by atoms with Gasteiger partial charge in [-0.1, -0.05) is 126 Å². The summed E-state index contributed by atoms with van der Waals surface area (Å²) < 4.78 is 32.1. The molecule has 0 aliphatic carbocycles. The van der Waals surface area contributed by atoms with Crippen molar-refractivity contribution < 1.29 is 22.9 Å². The molecule has 3 N–H and O–H groups in total. The number of carbonyl (C=O) groups excluding carboxylic acids is 1. The van der Waals surface area contributed by atoms with Gasteiger partial charge < -0.3 is 10.4 Å². The molecule has 0 bridgehead atoms. The Morgan fingerprint density at radius 2 is 1.17 bits per heavy atom. The molecule has 41 heavy (non-hydrogen) atoms. The molecule has 0 aromatic heterocycles. The van der Waals surface area contributed by atoms with Gasteiger partial charge in [0.2, 0.25) is 5.91 Å². The Bertz CT molecular complexity index is 874. The number of nitrogens with one attached hydrogen (secondary N) is 1. The highest BCUT2D eigenvalue weighted by molar-refractivity contribution is 7.85. The van der Waals surface area contributed by atoms with E-state index in [4.69, 9.17) is 0 Å². The van der Waals surface area contributed by atoms with Gasteiger partial charge in [-0.25, -0.2) is 0 Å². The predicted octanol–water partition coefficient (Wildman–Crippen LogP) is 8.56. The molecule has 2 atom stereocenters. The highest BCUT2D eigenvalue weighted by Crippen LogP contribution is 2.13. The molecule has 0 saturated carbocycles. The minimum atomic E-state index is -4.31. The van der Waals surface area contributed by atoms with E-state index < -0.39 is 28.0 Å². The van der Waals surface area contributed by atoms with Crippen LogP contribution in [0.2, 0.25) is 0 Å². The molecule has 0 saturated heterocycles. The third-order valence-corrected chi connectivity index (χ3v) is 7.52. The maximum Gasteiger partial charge on any atom is 0.266 e. The molecule has 0 rings (SSSR count). The maximum atomic E-state index is 12.4. The molecule has 0 fully saturated rings. The average Bonchev–Trinajstić information content (AvgIpc) is 2.92. The number of unbranched alkanes of at least 4 members (excludes halogenated alkanes) is 9. The molecular weight excluding hydrogens is 534 g/mol. The van der Waals surface area contributed by atoms with E-state index >= 15 is 0 Å². The van der Waals surface area contributed by atoms with Crippen LogP contribution in [0.4, 0.5) is 0 Å². The van der Waals surface area contributed by atoms with E-state index in [0.717, 1.165) is 77.0 Å². The van der Waals surface area contributed by atoms with Gasteiger partial charge >= 0.3 is 0 Å². The second kappa shape index (κ2) is 28.2. The molecule has 0 aliphatic heterocycles. The Kier molecular flexibility index (Phi) is 26.8. The van der Waals surface area contributed by atoms with Gasteiger partial charge in [-0.15, -0.1) is 0 Å². The smallest absolute Gasteiger partial charge is 0.266 e. The standard InChI is InChI=1S/C34H59NO5S/c1-3-5-7-9-11-12-13-14-15-16-17-18-19-20-21-22-24-26-28-30-34(37)35-32(31-41(38,39)40)33(36)29-27-25-23-10-8-6-4-2/h5,7,11-12,14-15,17-18,20-21,32-33,36H,3-4,6,8-10,13,16,19,22-31H2,1-2H3,(H,35,37)(H,38,39,40)/b7-5-,12-11-,15-14-,18-17-,21-20-. The van der Waals surface area contributed by atoms with Crippen LogP contribution in [0.1, 0.15) is 129 Å². The Hall–Kier alpha value is -1.96. The summed E-state index contributed by atoms with van der Waals surface area (Å²) in [6, 6.07) is -0.987. The second-order valence-electron chi connectivity index (χ2n) is 10.7. The fourth-order valence-electron chi connectivity index (χ4n) is 4.36. The van der Waals surface area contributed by atoms with Gasteiger partial charge in [0.15, 0.2) is 0 Å². The molecule has 0 aromatic rings. The summed E-state index contributed by atoms with van der Waals surface area (Å²) in [5.41, 5.74) is 0. The summed E-state index contributed by atoms with van der Waals surface area (Å²) in [6.07, 6.45) is 37.6. The molecule has 2 unspecified atom stereocenters. The lowest BCUT2D eigenvalue weighted by Gasteiger charge is -2.23. The molecule has 0 aromatic carbocycles. The molecule has 0 radical (unpaired) electrons. The van der Waals surface area contributed by atoms with E-state index in [0.29, 0.717) is 12.8 Å². The Labute approximate surface area is 251 Å². The van der Waals surface area contributed by atoms with E-state index in [1.54, 1.807) is 0 Å². The number of hydrogen-bond donors (Lipinski definition) is 3. The van der Waals surface area contributed by atoms with E-state index in [1.165, 1.54) is 19.3 Å². The SMILES string of the molecule is CC/C=C\C/C=C\C/C=C\C/C=C\C/C=C\CCCCCC(=O)NC(CS(=O)(=O)O)C(O)CCCCCCCCC. The van der Waals surface area contributed by atoms with Crippen LogP contribution in [0.5, 0.6) is 0 Å². The lowest BCUT2D eigenvalue weighted by atomic mass is 10.0. The third-order valence-electron chi connectivity index (χ3n) is 6.74. The molecule has 0 spiro atoms. The fraction of sp³-hybridized carbons (Fsp3) is 0.676. The van der Waals surface area contributed by atoms with E-state index in [2.05, 4.69) is 79.9 Å². The monoisotopic (exact) mass is 593 g/mol. The van der Waals surface area contributed by atoms with Crippen molar-refractivity contribution in [1.82, 2.24) is 5.32 Å². The first-order valence-electron chi connectivity index (χ1n) is 16.0. The number of carbonyl (C=O) groups is 1. The van der Waals surface area contributed by atoms with Gasteiger partial charge in [-0.3, -0.25) is 9.35 Å². The van der Waals surface area contributed by atoms with Gasteiger partial charge in [0.25, 0.3) is 10.1 Å². The number of rotatable bonds is 27. The van der Waals surface area contributed by atoms with Crippen molar-refractivity contribution in [1.29, 1.82) is 0 Å². The highest BCUT2D eigenvalue weighted by Gasteiger charge is 2.25. The van der Waals surface area contributed by atoms with Crippen molar-refractivity contribution in [3.63, 3.8) is 0 Å². The van der Waals surface area contributed by atoms with E-state index in [9.17, 15) is 22.9 Å². The second-order valence-corrected chi connectivity index (χ2v) is 12.2. The van der Waals surface area contributed by atoms with E-state index in [-0.39, 0.29) is 12.3 Å². The lowest BCUT2D eigenvalue weighted by molar-refractivity contribution is -0.122. The van der Waals surface area contributed by atoms with Crippen molar-refractivity contribution in [3.8, 4) is 0 Å². The van der Waals surface area contributed by atoms with Crippen molar-refractivity contribution in [2.24, 2.45) is 0 Å². The third kappa shape index (κ3) is 29.3. The normalized spacial score (nSPS) is 14.3. The minimum Gasteiger partial charge on any atom is -0.391 e. The summed E-state index contributed by atoms with van der Waals surface area (Å²) in [6.45, 7) is 4.32. The first kappa shape index (κ1) is 39.0. The number of allylic oxidation sites excluding steroid dienone is 10. The van der Waals surface area contributed by atoms with Crippen LogP contribution in [0, 0.1) is 0 Å². The number of amides is 1. The Morgan fingerprint density at radius 1 is 0.683 bits per heavy atom. The largest absolute Gasteiger partial charge is 0.391 e. The van der Waals surface area contributed by atoms with Gasteiger partial charge in [0.1, 0.15) is 0 Å². The molecule has 1 amide bonds. The molecule has 6 nitrogen and oxygen atoms in total. The number of aliphatic hydroxyl groups excluding tert-OH is 1. The minimum absolute atomic E-state index is 0.276. The highest BCUT2D eigenvalue weighted by atomic mass is 32.2. The van der Waals surface area contributed by atoms with Gasteiger partial charge in [0, 0.05) is 6.42 Å². The van der Waals surface area contributed by atoms with Crippen molar-refractivity contribution in [2.45, 2.75) is 142 Å². The van der Waals surface area contributed by atoms with Crippen LogP contribution in [0.15, 0.2) is 60.8 Å². The van der Waals surface area contributed by atoms with Crippen molar-refractivity contribution >= 4 is 16.0 Å². The Morgan fingerprint density at radius 3 is 1.71 bits per heavy atom. The van der Waals surface area contributed by atoms with Crippen molar-refractivity contribution in [3.05, 3.63) is 60.8 Å². The molecule has 0 aliphatic rings. The molecule has 236 valence electrons. The van der Waals surface area contributed by atoms with Crippen LogP contribution in [0.3, 0.4) is 0 Å². The fourth-order valence-corrected chi connectivity index (χ4v) is 5.12. The quantitative estimate of drug-likeness (QED) is 0.0503. The summed E-state index contributed by atoms with van der Waals surface area (Å²) in [7, 11) is -4.31. The predicted molar refractivity (Wildman–Crippen MR) is 175 cm³/mol. The maximum absolute atomic E-state index is 12.4. The van der Waals surface area contributed by atoms with Crippen LogP contribution in [0.25, 0.3) is 0 Å². The summed E-state index contributed by atoms with van der Waals surface area (Å²) in [5, 5.41) is 13.1. The van der Waals surface area contributed by atoms with Gasteiger partial charge in [-0.2, -0.15) is 8.42 Å². The summed E-state index contributed by atoms with van der Waals surface area (Å²) >= 11 is 0. The number of hydrogen-bond acceptors (Lipinski definition) is 4. The molecule has 0 heterocycles. The molecule has 7 heteroatoms. The Balaban J connectivity index is 4.03. The topological polar surface area (TPSA) is 104 Å². The summed E-state index contributed by atoms with van der Waals surface area (Å²) in [5.74, 6) is -0.951.